The number of anilines is 1. The molecule has 1 aliphatic rings. The molecule has 1 aliphatic heterocycles. The number of nitrogens with zero attached hydrogens (tertiary/aromatic N) is 3. The van der Waals surface area contributed by atoms with Gasteiger partial charge in [0.2, 0.25) is 0 Å². The van der Waals surface area contributed by atoms with E-state index in [0.717, 1.165) is 0 Å². The van der Waals surface area contributed by atoms with Gasteiger partial charge in [-0.05, 0) is 12.1 Å². The van der Waals surface area contributed by atoms with E-state index in [-0.39, 0.29) is 6.42 Å². The molecule has 0 unspecified atom stereocenters. The van der Waals surface area contributed by atoms with Gasteiger partial charge in [-0.3, -0.25) is 5.73 Å². The lowest BCUT2D eigenvalue weighted by atomic mass is 10.1. The van der Waals surface area contributed by atoms with Gasteiger partial charge >= 0.3 is 0 Å². The van der Waals surface area contributed by atoms with Crippen molar-refractivity contribution in [1.82, 2.24) is 14.6 Å². The molecule has 1 saturated heterocycles. The lowest BCUT2D eigenvalue weighted by Crippen LogP contribution is -2.51. The second kappa shape index (κ2) is 4.14. The Hall–Kier alpha value is -1.74. The minimum atomic E-state index is -1.44. The molecule has 1 fully saturated rings. The summed E-state index contributed by atoms with van der Waals surface area (Å²) >= 11 is 0. The molecule has 8 heteroatoms. The smallest absolute Gasteiger partial charge is 0.167 e. The summed E-state index contributed by atoms with van der Waals surface area (Å²) in [7, 11) is 0. The molecule has 0 bridgehead atoms. The van der Waals surface area contributed by atoms with Crippen LogP contribution in [0.2, 0.25) is 0 Å². The molecule has 2 aromatic rings. The number of nitrogen functional groups attached to an aromatic ring is 1. The average Bonchev–Trinajstić information content (AvgIpc) is 2.94. The van der Waals surface area contributed by atoms with Crippen LogP contribution in [0.5, 0.6) is 0 Å². The lowest BCUT2D eigenvalue weighted by Gasteiger charge is -2.24. The number of hydrogen-bond acceptors (Lipinski definition) is 7. The van der Waals surface area contributed by atoms with Crippen molar-refractivity contribution in [2.24, 2.45) is 5.73 Å². The van der Waals surface area contributed by atoms with Gasteiger partial charge in [0, 0.05) is 6.42 Å². The molecular weight excluding hydrogens is 250 g/mol. The monoisotopic (exact) mass is 265 g/mol. The number of aliphatic hydroxyl groups is 2. The second-order valence-electron chi connectivity index (χ2n) is 4.67. The summed E-state index contributed by atoms with van der Waals surface area (Å²) in [5, 5.41) is 23.2. The number of rotatable bonds is 2. The maximum Gasteiger partial charge on any atom is 0.167 e. The molecule has 0 radical (unpaired) electrons. The summed E-state index contributed by atoms with van der Waals surface area (Å²) in [4.78, 5) is 3.90. The number of nitrogens with two attached hydrogens (primary N) is 2. The first kappa shape index (κ1) is 12.3. The molecule has 19 heavy (non-hydrogen) atoms. The Balaban J connectivity index is 2.01. The van der Waals surface area contributed by atoms with Gasteiger partial charge in [0.05, 0.1) is 12.3 Å². The van der Waals surface area contributed by atoms with Gasteiger partial charge in [-0.25, -0.2) is 9.50 Å². The molecule has 0 saturated carbocycles. The largest absolute Gasteiger partial charge is 0.392 e. The molecule has 3 atom stereocenters. The van der Waals surface area contributed by atoms with Gasteiger partial charge in [0.1, 0.15) is 24.1 Å². The van der Waals surface area contributed by atoms with E-state index in [1.807, 2.05) is 0 Å². The highest BCUT2D eigenvalue weighted by Crippen LogP contribution is 2.37. The number of aromatic nitrogens is 3. The Kier molecular flexibility index (Phi) is 2.68. The van der Waals surface area contributed by atoms with Crippen LogP contribution < -0.4 is 11.5 Å². The number of ether oxygens (including phenoxy) is 1. The highest BCUT2D eigenvalue weighted by atomic mass is 16.6. The molecule has 0 spiro atoms. The molecule has 6 N–H and O–H groups in total. The first-order valence-corrected chi connectivity index (χ1v) is 5.89. The fourth-order valence-corrected chi connectivity index (χ4v) is 2.33. The van der Waals surface area contributed by atoms with E-state index in [4.69, 9.17) is 16.2 Å². The number of hydrogen-bond donors (Lipinski definition) is 4. The standard InChI is InChI=1S/C11H15N5O3/c12-10-7-2-1-6(16(7)15-5-14-10)8-3-9(18)11(13,4-17)19-8/h1-2,5,8-9,17-18H,3-4,13H2,(H2,12,14,15)/t8-,9+,11-/m1/s1. The second-order valence-corrected chi connectivity index (χ2v) is 4.67. The Morgan fingerprint density at radius 1 is 1.53 bits per heavy atom. The van der Waals surface area contributed by atoms with Crippen molar-refractivity contribution in [3.05, 3.63) is 24.2 Å². The Bertz CT molecular complexity index is 615. The Morgan fingerprint density at radius 3 is 3.00 bits per heavy atom. The summed E-state index contributed by atoms with van der Waals surface area (Å²) in [6.07, 6.45) is 0.239. The van der Waals surface area contributed by atoms with Gasteiger partial charge in [0.15, 0.2) is 11.5 Å². The van der Waals surface area contributed by atoms with E-state index < -0.39 is 24.5 Å². The lowest BCUT2D eigenvalue weighted by molar-refractivity contribution is -0.109. The van der Waals surface area contributed by atoms with E-state index in [0.29, 0.717) is 17.0 Å². The van der Waals surface area contributed by atoms with Crippen LogP contribution in [0, 0.1) is 0 Å². The van der Waals surface area contributed by atoms with Gasteiger partial charge in [-0.2, -0.15) is 5.10 Å². The summed E-state index contributed by atoms with van der Waals surface area (Å²) in [6, 6.07) is 3.57. The normalized spacial score (nSPS) is 31.1. The zero-order valence-electron chi connectivity index (χ0n) is 10.1. The van der Waals surface area contributed by atoms with E-state index in [1.165, 1.54) is 6.33 Å². The molecule has 0 aromatic carbocycles. The summed E-state index contributed by atoms with van der Waals surface area (Å²) < 4.78 is 7.16. The van der Waals surface area contributed by atoms with Crippen LogP contribution in [0.25, 0.3) is 5.52 Å². The van der Waals surface area contributed by atoms with Gasteiger partial charge in [0.25, 0.3) is 0 Å². The topological polar surface area (TPSA) is 132 Å². The maximum atomic E-state index is 9.87. The fourth-order valence-electron chi connectivity index (χ4n) is 2.33. The van der Waals surface area contributed by atoms with Crippen LogP contribution in [-0.2, 0) is 4.74 Å². The average molecular weight is 265 g/mol. The first-order valence-electron chi connectivity index (χ1n) is 5.89. The van der Waals surface area contributed by atoms with Gasteiger partial charge in [-0.15, -0.1) is 0 Å². The third-order valence-corrected chi connectivity index (χ3v) is 3.45. The van der Waals surface area contributed by atoms with Gasteiger partial charge in [-0.1, -0.05) is 0 Å². The van der Waals surface area contributed by atoms with E-state index in [2.05, 4.69) is 10.1 Å². The van der Waals surface area contributed by atoms with Crippen molar-refractivity contribution in [3.8, 4) is 0 Å². The van der Waals surface area contributed by atoms with E-state index in [9.17, 15) is 10.2 Å². The highest BCUT2D eigenvalue weighted by Gasteiger charge is 2.46. The van der Waals surface area contributed by atoms with Crippen LogP contribution in [-0.4, -0.2) is 43.2 Å². The minimum absolute atomic E-state index is 0.285. The Morgan fingerprint density at radius 2 is 2.32 bits per heavy atom. The summed E-state index contributed by atoms with van der Waals surface area (Å²) in [5.74, 6) is 0.362. The number of fused-ring (bicyclic) bond motifs is 1. The van der Waals surface area contributed by atoms with Crippen LogP contribution in [0.1, 0.15) is 18.2 Å². The first-order chi connectivity index (χ1) is 9.05. The maximum absolute atomic E-state index is 9.87. The van der Waals surface area contributed by atoms with Crippen LogP contribution >= 0.6 is 0 Å². The van der Waals surface area contributed by atoms with Crippen LogP contribution in [0.3, 0.4) is 0 Å². The van der Waals surface area contributed by atoms with Crippen molar-refractivity contribution < 1.29 is 14.9 Å². The number of aliphatic hydroxyl groups excluding tert-OH is 2. The molecule has 3 heterocycles. The van der Waals surface area contributed by atoms with Crippen molar-refractivity contribution in [2.75, 3.05) is 12.3 Å². The van der Waals surface area contributed by atoms with E-state index >= 15 is 0 Å². The molecule has 102 valence electrons. The van der Waals surface area contributed by atoms with Crippen LogP contribution in [0.4, 0.5) is 5.82 Å². The fraction of sp³-hybridized carbons (Fsp3) is 0.455. The molecule has 3 rings (SSSR count). The highest BCUT2D eigenvalue weighted by molar-refractivity contribution is 5.65. The quantitative estimate of drug-likeness (QED) is 0.535. The molecule has 2 aromatic heterocycles. The molecule has 0 aliphatic carbocycles. The van der Waals surface area contributed by atoms with Crippen molar-refractivity contribution in [2.45, 2.75) is 24.4 Å². The van der Waals surface area contributed by atoms with E-state index in [1.54, 1.807) is 16.6 Å². The van der Waals surface area contributed by atoms with Crippen molar-refractivity contribution >= 4 is 11.3 Å². The van der Waals surface area contributed by atoms with Gasteiger partial charge < -0.3 is 20.7 Å². The third kappa shape index (κ3) is 1.77. The summed E-state index contributed by atoms with van der Waals surface area (Å²) in [5.41, 5.74) is 11.5. The Labute approximate surface area is 108 Å². The predicted molar refractivity (Wildman–Crippen MR) is 65.9 cm³/mol. The van der Waals surface area contributed by atoms with Crippen LogP contribution in [0.15, 0.2) is 18.5 Å². The minimum Gasteiger partial charge on any atom is -0.392 e. The third-order valence-electron chi connectivity index (χ3n) is 3.45. The molecular formula is C11H15N5O3. The SMILES string of the molecule is Nc1ncnn2c([C@H]3C[C@H](O)[C@@](N)(CO)O3)ccc12. The van der Waals surface area contributed by atoms with Crippen molar-refractivity contribution in [3.63, 3.8) is 0 Å². The van der Waals surface area contributed by atoms with Crippen molar-refractivity contribution in [1.29, 1.82) is 0 Å². The zero-order valence-corrected chi connectivity index (χ0v) is 10.1. The summed E-state index contributed by atoms with van der Waals surface area (Å²) in [6.45, 7) is -0.453. The molecule has 0 amide bonds. The molecule has 8 nitrogen and oxygen atoms in total. The predicted octanol–water partition coefficient (Wildman–Crippen LogP) is -1.22. The zero-order chi connectivity index (χ0) is 13.6.